The Morgan fingerprint density at radius 1 is 1.00 bits per heavy atom. The van der Waals surface area contributed by atoms with Gasteiger partial charge in [0.1, 0.15) is 0 Å². The van der Waals surface area contributed by atoms with Crippen LogP contribution in [0.15, 0.2) is 41.5 Å². The largest absolute Gasteiger partial charge is 0.331 e. The highest BCUT2D eigenvalue weighted by atomic mass is 16.1. The van der Waals surface area contributed by atoms with E-state index in [1.54, 1.807) is 28.6 Å². The first kappa shape index (κ1) is 15.1. The van der Waals surface area contributed by atoms with Gasteiger partial charge in [0.05, 0.1) is 6.54 Å². The Kier molecular flexibility index (Phi) is 3.92. The molecule has 4 rings (SSSR count). The molecule has 0 bridgehead atoms. The normalized spacial score (nSPS) is 15.9. The Bertz CT molecular complexity index is 901. The fourth-order valence-corrected chi connectivity index (χ4v) is 3.77. The van der Waals surface area contributed by atoms with Crippen LogP contribution in [0.5, 0.6) is 0 Å². The lowest BCUT2D eigenvalue weighted by molar-refractivity contribution is 0.443. The molecule has 0 unspecified atom stereocenters. The molecule has 5 nitrogen and oxygen atoms in total. The Morgan fingerprint density at radius 2 is 1.67 bits per heavy atom. The average Bonchev–Trinajstić information content (AvgIpc) is 2.88. The summed E-state index contributed by atoms with van der Waals surface area (Å²) in [5.74, 6) is 0.707. The van der Waals surface area contributed by atoms with Crippen molar-refractivity contribution >= 4 is 11.3 Å². The van der Waals surface area contributed by atoms with Crippen LogP contribution >= 0.6 is 0 Å². The van der Waals surface area contributed by atoms with Gasteiger partial charge in [0.15, 0.2) is 11.3 Å². The maximum Gasteiger partial charge on any atom is 0.331 e. The second-order valence-corrected chi connectivity index (χ2v) is 6.71. The Balaban J connectivity index is 1.62. The Hall–Kier alpha value is -2.43. The Morgan fingerprint density at radius 3 is 2.38 bits per heavy atom. The van der Waals surface area contributed by atoms with E-state index in [2.05, 4.69) is 34.2 Å². The number of aryl methyl sites for hydroxylation is 1. The molecule has 2 heterocycles. The van der Waals surface area contributed by atoms with Gasteiger partial charge >= 0.3 is 5.69 Å². The SMILES string of the molecule is Cn1c(=O)n(Cc2ccc(C3CCCCC3)cc2)c2nccnc21. The maximum atomic E-state index is 12.5. The third-order valence-corrected chi connectivity index (χ3v) is 5.15. The van der Waals surface area contributed by atoms with E-state index < -0.39 is 0 Å². The van der Waals surface area contributed by atoms with Crippen LogP contribution in [-0.2, 0) is 13.6 Å². The van der Waals surface area contributed by atoms with Crippen LogP contribution in [-0.4, -0.2) is 19.1 Å². The van der Waals surface area contributed by atoms with Gasteiger partial charge in [-0.25, -0.2) is 14.8 Å². The first-order valence-corrected chi connectivity index (χ1v) is 8.69. The predicted molar refractivity (Wildman–Crippen MR) is 94.1 cm³/mol. The van der Waals surface area contributed by atoms with Gasteiger partial charge in [-0.2, -0.15) is 0 Å². The average molecular weight is 322 g/mol. The van der Waals surface area contributed by atoms with Crippen LogP contribution < -0.4 is 5.69 Å². The molecule has 0 atom stereocenters. The van der Waals surface area contributed by atoms with Crippen LogP contribution in [0.1, 0.15) is 49.1 Å². The molecule has 0 N–H and O–H groups in total. The summed E-state index contributed by atoms with van der Waals surface area (Å²) in [7, 11) is 1.74. The van der Waals surface area contributed by atoms with Crippen LogP contribution in [0, 0.1) is 0 Å². The van der Waals surface area contributed by atoms with E-state index in [1.165, 1.54) is 37.7 Å². The van der Waals surface area contributed by atoms with E-state index in [9.17, 15) is 4.79 Å². The van der Waals surface area contributed by atoms with Crippen molar-refractivity contribution in [2.24, 2.45) is 7.05 Å². The summed E-state index contributed by atoms with van der Waals surface area (Å²) < 4.78 is 3.25. The number of hydrogen-bond donors (Lipinski definition) is 0. The number of rotatable bonds is 3. The number of aromatic nitrogens is 4. The lowest BCUT2D eigenvalue weighted by Gasteiger charge is -2.22. The van der Waals surface area contributed by atoms with Crippen molar-refractivity contribution in [2.45, 2.75) is 44.6 Å². The number of benzene rings is 1. The van der Waals surface area contributed by atoms with E-state index in [-0.39, 0.29) is 5.69 Å². The summed E-state index contributed by atoms with van der Waals surface area (Å²) in [4.78, 5) is 21.0. The van der Waals surface area contributed by atoms with Gasteiger partial charge < -0.3 is 0 Å². The third-order valence-electron chi connectivity index (χ3n) is 5.15. The van der Waals surface area contributed by atoms with E-state index in [4.69, 9.17) is 0 Å². The third kappa shape index (κ3) is 2.64. The van der Waals surface area contributed by atoms with Gasteiger partial charge in [-0.15, -0.1) is 0 Å². The van der Waals surface area contributed by atoms with Crippen molar-refractivity contribution in [3.05, 3.63) is 58.3 Å². The smallest absolute Gasteiger partial charge is 0.278 e. The topological polar surface area (TPSA) is 52.7 Å². The zero-order chi connectivity index (χ0) is 16.5. The minimum Gasteiger partial charge on any atom is -0.278 e. The molecule has 1 aromatic carbocycles. The van der Waals surface area contributed by atoms with Crippen molar-refractivity contribution < 1.29 is 0 Å². The van der Waals surface area contributed by atoms with E-state index in [1.807, 2.05) is 0 Å². The van der Waals surface area contributed by atoms with Crippen LogP contribution in [0.3, 0.4) is 0 Å². The van der Waals surface area contributed by atoms with Crippen LogP contribution in [0.25, 0.3) is 11.3 Å². The first-order valence-electron chi connectivity index (χ1n) is 8.69. The summed E-state index contributed by atoms with van der Waals surface area (Å²) in [6.07, 6.45) is 9.91. The zero-order valence-corrected chi connectivity index (χ0v) is 14.0. The van der Waals surface area contributed by atoms with E-state index in [0.717, 1.165) is 5.56 Å². The second kappa shape index (κ2) is 6.23. The highest BCUT2D eigenvalue weighted by Gasteiger charge is 2.16. The molecule has 0 amide bonds. The van der Waals surface area contributed by atoms with Crippen molar-refractivity contribution in [3.63, 3.8) is 0 Å². The molecule has 1 aliphatic carbocycles. The molecule has 2 aromatic heterocycles. The standard InChI is InChI=1S/C19H22N4O/c1-22-17-18(21-12-11-20-17)23(19(22)24)13-14-7-9-16(10-8-14)15-5-3-2-4-6-15/h7-12,15H,2-6,13H2,1H3. The van der Waals surface area contributed by atoms with Crippen molar-refractivity contribution in [2.75, 3.05) is 0 Å². The fraction of sp³-hybridized carbons (Fsp3) is 0.421. The summed E-state index contributed by atoms with van der Waals surface area (Å²) in [5, 5.41) is 0. The number of fused-ring (bicyclic) bond motifs is 1. The molecule has 5 heteroatoms. The van der Waals surface area contributed by atoms with Crippen molar-refractivity contribution in [3.8, 4) is 0 Å². The molecule has 24 heavy (non-hydrogen) atoms. The van der Waals surface area contributed by atoms with Crippen LogP contribution in [0.4, 0.5) is 0 Å². The first-order chi connectivity index (χ1) is 11.7. The molecule has 1 aliphatic rings. The molecular weight excluding hydrogens is 300 g/mol. The number of imidazole rings is 1. The molecule has 1 fully saturated rings. The number of nitrogens with zero attached hydrogens (tertiary/aromatic N) is 4. The van der Waals surface area contributed by atoms with Crippen LogP contribution in [0.2, 0.25) is 0 Å². The lowest BCUT2D eigenvalue weighted by Crippen LogP contribution is -2.22. The van der Waals surface area contributed by atoms with Gasteiger partial charge in [-0.3, -0.25) is 9.13 Å². The number of hydrogen-bond acceptors (Lipinski definition) is 3. The molecule has 1 saturated carbocycles. The zero-order valence-electron chi connectivity index (χ0n) is 14.0. The Labute approximate surface area is 141 Å². The van der Waals surface area contributed by atoms with Crippen molar-refractivity contribution in [1.82, 2.24) is 19.1 Å². The highest BCUT2D eigenvalue weighted by molar-refractivity contribution is 5.65. The van der Waals surface area contributed by atoms with Gasteiger partial charge in [0.2, 0.25) is 0 Å². The quantitative estimate of drug-likeness (QED) is 0.744. The predicted octanol–water partition coefficient (Wildman–Crippen LogP) is 3.23. The molecule has 0 saturated heterocycles. The maximum absolute atomic E-state index is 12.5. The molecule has 0 spiro atoms. The van der Waals surface area contributed by atoms with E-state index >= 15 is 0 Å². The molecule has 0 radical (unpaired) electrons. The van der Waals surface area contributed by atoms with Crippen molar-refractivity contribution in [1.29, 1.82) is 0 Å². The minimum absolute atomic E-state index is 0.0763. The van der Waals surface area contributed by atoms with Gasteiger partial charge in [0, 0.05) is 19.4 Å². The van der Waals surface area contributed by atoms with E-state index in [0.29, 0.717) is 23.8 Å². The second-order valence-electron chi connectivity index (χ2n) is 6.71. The fourth-order valence-electron chi connectivity index (χ4n) is 3.77. The molecule has 3 aromatic rings. The summed E-state index contributed by atoms with van der Waals surface area (Å²) in [5.41, 5.74) is 3.74. The summed E-state index contributed by atoms with van der Waals surface area (Å²) >= 11 is 0. The summed E-state index contributed by atoms with van der Waals surface area (Å²) in [6.45, 7) is 0.528. The van der Waals surface area contributed by atoms with Gasteiger partial charge in [-0.05, 0) is 29.9 Å². The van der Waals surface area contributed by atoms with Gasteiger partial charge in [0.25, 0.3) is 0 Å². The summed E-state index contributed by atoms with van der Waals surface area (Å²) in [6, 6.07) is 8.75. The highest BCUT2D eigenvalue weighted by Crippen LogP contribution is 2.32. The lowest BCUT2D eigenvalue weighted by atomic mass is 9.84. The minimum atomic E-state index is -0.0763. The molecule has 124 valence electrons. The molecule has 0 aliphatic heterocycles. The van der Waals surface area contributed by atoms with Gasteiger partial charge in [-0.1, -0.05) is 43.5 Å². The monoisotopic (exact) mass is 322 g/mol. The molecular formula is C19H22N4O.